The lowest BCUT2D eigenvalue weighted by atomic mass is 10.3. The molecule has 0 saturated heterocycles. The molecule has 0 radical (unpaired) electrons. The molecule has 7 heteroatoms. The summed E-state index contributed by atoms with van der Waals surface area (Å²) in [5.41, 5.74) is 5.73. The van der Waals surface area contributed by atoms with E-state index in [1.165, 1.54) is 0 Å². The Morgan fingerprint density at radius 1 is 1.29 bits per heavy atom. The largest absolute Gasteiger partial charge is 0.384 e. The first-order valence-electron chi connectivity index (χ1n) is 5.45. The summed E-state index contributed by atoms with van der Waals surface area (Å²) in [7, 11) is 0. The highest BCUT2D eigenvalue weighted by molar-refractivity contribution is 5.47. The molecule has 0 atom stereocenters. The number of hydrogen-bond acceptors (Lipinski definition) is 6. The molecule has 0 amide bonds. The standard InChI is InChI=1S/C10H13N7/c1-7-13-8(11)4-9(14-7)16-2-3-17-6-12-15-10(17)5-16/h4,6H,2-3,5H2,1H3,(H2,11,13,14). The molecule has 0 bridgehead atoms. The highest BCUT2D eigenvalue weighted by Gasteiger charge is 2.19. The molecule has 2 aromatic rings. The zero-order valence-corrected chi connectivity index (χ0v) is 9.54. The molecule has 0 saturated carbocycles. The van der Waals surface area contributed by atoms with Crippen molar-refractivity contribution >= 4 is 11.6 Å². The summed E-state index contributed by atoms with van der Waals surface area (Å²) < 4.78 is 2.05. The van der Waals surface area contributed by atoms with E-state index in [-0.39, 0.29) is 0 Å². The lowest BCUT2D eigenvalue weighted by molar-refractivity contribution is 0.555. The quantitative estimate of drug-likeness (QED) is 0.742. The van der Waals surface area contributed by atoms with E-state index in [0.29, 0.717) is 18.2 Å². The van der Waals surface area contributed by atoms with Gasteiger partial charge >= 0.3 is 0 Å². The van der Waals surface area contributed by atoms with E-state index in [0.717, 1.165) is 24.7 Å². The lowest BCUT2D eigenvalue weighted by Gasteiger charge is -2.28. The van der Waals surface area contributed by atoms with Crippen LogP contribution in [0.1, 0.15) is 11.6 Å². The van der Waals surface area contributed by atoms with Crippen LogP contribution in [0.15, 0.2) is 12.4 Å². The zero-order valence-electron chi connectivity index (χ0n) is 9.54. The Morgan fingerprint density at radius 3 is 3.00 bits per heavy atom. The fraction of sp³-hybridized carbons (Fsp3) is 0.400. The molecule has 2 aromatic heterocycles. The van der Waals surface area contributed by atoms with Crippen LogP contribution in [-0.2, 0) is 13.1 Å². The number of aromatic nitrogens is 5. The normalized spacial score (nSPS) is 14.8. The van der Waals surface area contributed by atoms with Gasteiger partial charge in [-0.05, 0) is 6.92 Å². The Balaban J connectivity index is 1.91. The van der Waals surface area contributed by atoms with Crippen LogP contribution in [-0.4, -0.2) is 31.3 Å². The first-order valence-corrected chi connectivity index (χ1v) is 5.45. The Kier molecular flexibility index (Phi) is 2.17. The molecule has 0 aromatic carbocycles. The summed E-state index contributed by atoms with van der Waals surface area (Å²) in [6.45, 7) is 4.29. The summed E-state index contributed by atoms with van der Waals surface area (Å²) in [4.78, 5) is 10.6. The van der Waals surface area contributed by atoms with Crippen molar-refractivity contribution in [2.24, 2.45) is 0 Å². The molecule has 17 heavy (non-hydrogen) atoms. The van der Waals surface area contributed by atoms with E-state index in [4.69, 9.17) is 5.73 Å². The van der Waals surface area contributed by atoms with Gasteiger partial charge in [0, 0.05) is 19.2 Å². The number of hydrogen-bond donors (Lipinski definition) is 1. The van der Waals surface area contributed by atoms with Gasteiger partial charge in [0.1, 0.15) is 23.8 Å². The van der Waals surface area contributed by atoms with Crippen LogP contribution in [0.4, 0.5) is 11.6 Å². The van der Waals surface area contributed by atoms with Crippen LogP contribution >= 0.6 is 0 Å². The van der Waals surface area contributed by atoms with Crippen molar-refractivity contribution in [3.05, 3.63) is 24.0 Å². The Bertz CT molecular complexity index is 527. The third-order valence-electron chi connectivity index (χ3n) is 2.81. The molecule has 88 valence electrons. The van der Waals surface area contributed by atoms with Gasteiger partial charge in [0.2, 0.25) is 0 Å². The number of rotatable bonds is 1. The SMILES string of the molecule is Cc1nc(N)cc(N2CCn3cnnc3C2)n1. The van der Waals surface area contributed by atoms with Crippen molar-refractivity contribution in [1.82, 2.24) is 24.7 Å². The summed E-state index contributed by atoms with van der Waals surface area (Å²) >= 11 is 0. The van der Waals surface area contributed by atoms with Crippen LogP contribution in [0.2, 0.25) is 0 Å². The second kappa shape index (κ2) is 3.69. The minimum atomic E-state index is 0.500. The van der Waals surface area contributed by atoms with Crippen molar-refractivity contribution in [3.8, 4) is 0 Å². The fourth-order valence-corrected chi connectivity index (χ4v) is 2.00. The molecule has 1 aliphatic heterocycles. The van der Waals surface area contributed by atoms with Gasteiger partial charge in [-0.1, -0.05) is 0 Å². The van der Waals surface area contributed by atoms with Crippen LogP contribution in [0.25, 0.3) is 0 Å². The van der Waals surface area contributed by atoms with Crippen LogP contribution in [0, 0.1) is 6.92 Å². The molecule has 7 nitrogen and oxygen atoms in total. The van der Waals surface area contributed by atoms with E-state index in [9.17, 15) is 0 Å². The number of fused-ring (bicyclic) bond motifs is 1. The summed E-state index contributed by atoms with van der Waals surface area (Å²) in [5.74, 6) is 2.99. The predicted octanol–water partition coefficient (Wildman–Crippen LogP) is -0.0211. The molecule has 2 N–H and O–H groups in total. The Morgan fingerprint density at radius 2 is 2.18 bits per heavy atom. The monoisotopic (exact) mass is 231 g/mol. The van der Waals surface area contributed by atoms with E-state index in [1.807, 2.05) is 11.5 Å². The molecule has 3 heterocycles. The molecule has 1 aliphatic rings. The lowest BCUT2D eigenvalue weighted by Crippen LogP contribution is -2.34. The third kappa shape index (κ3) is 1.79. The molecule has 3 rings (SSSR count). The number of nitrogen functional groups attached to an aromatic ring is 1. The van der Waals surface area contributed by atoms with Gasteiger partial charge in [-0.3, -0.25) is 0 Å². The highest BCUT2D eigenvalue weighted by Crippen LogP contribution is 2.19. The summed E-state index contributed by atoms with van der Waals surface area (Å²) in [6.07, 6.45) is 1.76. The van der Waals surface area contributed by atoms with Crippen molar-refractivity contribution in [3.63, 3.8) is 0 Å². The number of anilines is 2. The fourth-order valence-electron chi connectivity index (χ4n) is 2.00. The van der Waals surface area contributed by atoms with E-state index >= 15 is 0 Å². The van der Waals surface area contributed by atoms with Gasteiger partial charge in [-0.2, -0.15) is 0 Å². The van der Waals surface area contributed by atoms with Gasteiger partial charge in [-0.15, -0.1) is 10.2 Å². The highest BCUT2D eigenvalue weighted by atomic mass is 15.3. The van der Waals surface area contributed by atoms with Gasteiger partial charge in [0.25, 0.3) is 0 Å². The van der Waals surface area contributed by atoms with Gasteiger partial charge in [0.15, 0.2) is 5.82 Å². The van der Waals surface area contributed by atoms with Crippen LogP contribution < -0.4 is 10.6 Å². The molecule has 0 spiro atoms. The average molecular weight is 231 g/mol. The Labute approximate surface area is 98.3 Å². The van der Waals surface area contributed by atoms with Crippen molar-refractivity contribution in [1.29, 1.82) is 0 Å². The molecule has 0 fully saturated rings. The topological polar surface area (TPSA) is 85.8 Å². The maximum atomic E-state index is 5.73. The summed E-state index contributed by atoms with van der Waals surface area (Å²) in [5, 5.41) is 7.97. The molecule has 0 unspecified atom stereocenters. The van der Waals surface area contributed by atoms with E-state index in [2.05, 4.69) is 25.1 Å². The number of aryl methyl sites for hydroxylation is 1. The smallest absolute Gasteiger partial charge is 0.152 e. The number of nitrogens with two attached hydrogens (primary N) is 1. The van der Waals surface area contributed by atoms with E-state index < -0.39 is 0 Å². The minimum absolute atomic E-state index is 0.500. The van der Waals surface area contributed by atoms with Gasteiger partial charge in [-0.25, -0.2) is 9.97 Å². The van der Waals surface area contributed by atoms with Crippen molar-refractivity contribution in [2.75, 3.05) is 17.2 Å². The maximum Gasteiger partial charge on any atom is 0.152 e. The Hall–Kier alpha value is -2.18. The molecular weight excluding hydrogens is 218 g/mol. The second-order valence-electron chi connectivity index (χ2n) is 4.06. The maximum absolute atomic E-state index is 5.73. The average Bonchev–Trinajstić information content (AvgIpc) is 2.74. The summed E-state index contributed by atoms with van der Waals surface area (Å²) in [6, 6.07) is 1.79. The minimum Gasteiger partial charge on any atom is -0.384 e. The second-order valence-corrected chi connectivity index (χ2v) is 4.06. The first kappa shape index (κ1) is 10.0. The van der Waals surface area contributed by atoms with E-state index in [1.54, 1.807) is 12.4 Å². The molecular formula is C10H13N7. The van der Waals surface area contributed by atoms with Crippen LogP contribution in [0.5, 0.6) is 0 Å². The predicted molar refractivity (Wildman–Crippen MR) is 62.3 cm³/mol. The molecule has 0 aliphatic carbocycles. The third-order valence-corrected chi connectivity index (χ3v) is 2.81. The first-order chi connectivity index (χ1) is 8.22. The van der Waals surface area contributed by atoms with Crippen molar-refractivity contribution < 1.29 is 0 Å². The zero-order chi connectivity index (χ0) is 11.8. The van der Waals surface area contributed by atoms with Gasteiger partial charge < -0.3 is 15.2 Å². The van der Waals surface area contributed by atoms with Gasteiger partial charge in [0.05, 0.1) is 6.54 Å². The number of nitrogens with zero attached hydrogens (tertiary/aromatic N) is 6. The van der Waals surface area contributed by atoms with Crippen molar-refractivity contribution in [2.45, 2.75) is 20.0 Å². The van der Waals surface area contributed by atoms with Crippen LogP contribution in [0.3, 0.4) is 0 Å².